The standard InChI is InChI=1S/C23H17N3O3/c27-23(18-11-13-21(14-12-18)26(28)29)24-25(20-8-2-1-3-9-20)22-15-10-17-6-4-5-7-19(17)16-22/h1-16H,(H,24,27). The van der Waals surface area contributed by atoms with Gasteiger partial charge >= 0.3 is 0 Å². The summed E-state index contributed by atoms with van der Waals surface area (Å²) in [4.78, 5) is 23.2. The monoisotopic (exact) mass is 383 g/mol. The first-order valence-corrected chi connectivity index (χ1v) is 9.01. The molecule has 0 radical (unpaired) electrons. The summed E-state index contributed by atoms with van der Waals surface area (Å²) in [6.07, 6.45) is 0. The Hall–Kier alpha value is -4.19. The summed E-state index contributed by atoms with van der Waals surface area (Å²) < 4.78 is 0. The van der Waals surface area contributed by atoms with E-state index in [4.69, 9.17) is 0 Å². The van der Waals surface area contributed by atoms with E-state index in [1.165, 1.54) is 24.3 Å². The fourth-order valence-corrected chi connectivity index (χ4v) is 3.07. The second-order valence-electron chi connectivity index (χ2n) is 6.45. The van der Waals surface area contributed by atoms with Crippen LogP contribution in [0.4, 0.5) is 17.1 Å². The minimum atomic E-state index is -0.493. The van der Waals surface area contributed by atoms with Crippen molar-refractivity contribution in [3.63, 3.8) is 0 Å². The van der Waals surface area contributed by atoms with Crippen LogP contribution in [0.1, 0.15) is 10.4 Å². The van der Waals surface area contributed by atoms with Gasteiger partial charge in [-0.1, -0.05) is 48.5 Å². The van der Waals surface area contributed by atoms with Gasteiger partial charge in [-0.05, 0) is 47.2 Å². The van der Waals surface area contributed by atoms with Crippen LogP contribution in [0.25, 0.3) is 10.8 Å². The molecule has 0 aromatic heterocycles. The zero-order chi connectivity index (χ0) is 20.2. The second-order valence-corrected chi connectivity index (χ2v) is 6.45. The highest BCUT2D eigenvalue weighted by Crippen LogP contribution is 2.27. The van der Waals surface area contributed by atoms with Crippen molar-refractivity contribution in [3.05, 3.63) is 113 Å². The number of nitrogens with one attached hydrogen (secondary N) is 1. The number of carbonyl (C=O) groups is 1. The highest BCUT2D eigenvalue weighted by molar-refractivity contribution is 5.97. The van der Waals surface area contributed by atoms with Gasteiger partial charge in [0.25, 0.3) is 11.6 Å². The van der Waals surface area contributed by atoms with Crippen LogP contribution in [0, 0.1) is 10.1 Å². The summed E-state index contributed by atoms with van der Waals surface area (Å²) in [5.41, 5.74) is 4.76. The van der Waals surface area contributed by atoms with Crippen molar-refractivity contribution in [1.82, 2.24) is 5.43 Å². The third-order valence-electron chi connectivity index (χ3n) is 4.56. The van der Waals surface area contributed by atoms with Crippen LogP contribution in [0.3, 0.4) is 0 Å². The molecule has 29 heavy (non-hydrogen) atoms. The number of hydrogen-bond donors (Lipinski definition) is 1. The maximum atomic E-state index is 12.8. The SMILES string of the molecule is O=C(NN(c1ccccc1)c1ccc2ccccc2c1)c1ccc([N+](=O)[O-])cc1. The summed E-state index contributed by atoms with van der Waals surface area (Å²) in [5.74, 6) is -0.364. The van der Waals surface area contributed by atoms with Crippen LogP contribution in [0.2, 0.25) is 0 Å². The topological polar surface area (TPSA) is 75.5 Å². The average Bonchev–Trinajstić information content (AvgIpc) is 2.77. The fraction of sp³-hybridized carbons (Fsp3) is 0. The number of rotatable bonds is 5. The molecule has 4 rings (SSSR count). The highest BCUT2D eigenvalue weighted by atomic mass is 16.6. The molecule has 4 aromatic carbocycles. The number of carbonyl (C=O) groups excluding carboxylic acids is 1. The number of fused-ring (bicyclic) bond motifs is 1. The Balaban J connectivity index is 1.69. The van der Waals surface area contributed by atoms with Gasteiger partial charge in [-0.25, -0.2) is 0 Å². The van der Waals surface area contributed by atoms with Crippen LogP contribution in [-0.4, -0.2) is 10.8 Å². The molecule has 0 aliphatic carbocycles. The number of para-hydroxylation sites is 1. The first kappa shape index (κ1) is 18.2. The van der Waals surface area contributed by atoms with Crippen molar-refractivity contribution < 1.29 is 9.72 Å². The van der Waals surface area contributed by atoms with E-state index in [1.807, 2.05) is 72.8 Å². The Labute approximate surface area is 167 Å². The number of benzene rings is 4. The van der Waals surface area contributed by atoms with Crippen molar-refractivity contribution in [2.75, 3.05) is 5.01 Å². The number of anilines is 2. The van der Waals surface area contributed by atoms with Gasteiger partial charge in [0.2, 0.25) is 0 Å². The van der Waals surface area contributed by atoms with Crippen molar-refractivity contribution in [3.8, 4) is 0 Å². The van der Waals surface area contributed by atoms with Gasteiger partial charge in [-0.2, -0.15) is 0 Å². The molecule has 0 bridgehead atoms. The van der Waals surface area contributed by atoms with Crippen LogP contribution in [0.15, 0.2) is 97.1 Å². The molecule has 0 heterocycles. The molecule has 0 spiro atoms. The van der Waals surface area contributed by atoms with Gasteiger partial charge in [0.15, 0.2) is 0 Å². The molecule has 0 fully saturated rings. The summed E-state index contributed by atoms with van der Waals surface area (Å²) in [7, 11) is 0. The van der Waals surface area contributed by atoms with Gasteiger partial charge in [-0.15, -0.1) is 0 Å². The Morgan fingerprint density at radius 2 is 1.41 bits per heavy atom. The number of nitro groups is 1. The molecule has 6 heteroatoms. The Morgan fingerprint density at radius 1 is 0.759 bits per heavy atom. The molecule has 0 saturated heterocycles. The van der Waals surface area contributed by atoms with Gasteiger partial charge in [-0.3, -0.25) is 25.3 Å². The zero-order valence-corrected chi connectivity index (χ0v) is 15.4. The molecule has 0 saturated carbocycles. The van der Waals surface area contributed by atoms with Crippen LogP contribution < -0.4 is 10.4 Å². The van der Waals surface area contributed by atoms with E-state index in [2.05, 4.69) is 5.43 Å². The molecular formula is C23H17N3O3. The molecule has 0 aliphatic rings. The number of non-ortho nitro benzene ring substituents is 1. The third-order valence-corrected chi connectivity index (χ3v) is 4.56. The van der Waals surface area contributed by atoms with Gasteiger partial charge in [0.1, 0.15) is 0 Å². The lowest BCUT2D eigenvalue weighted by Gasteiger charge is -2.26. The lowest BCUT2D eigenvalue weighted by Crippen LogP contribution is -2.38. The number of hydrogen-bond acceptors (Lipinski definition) is 4. The molecule has 4 aromatic rings. The number of hydrazine groups is 1. The molecule has 1 N–H and O–H groups in total. The minimum Gasteiger partial charge on any atom is -0.267 e. The quantitative estimate of drug-likeness (QED) is 0.378. The van der Waals surface area contributed by atoms with E-state index >= 15 is 0 Å². The molecule has 0 unspecified atom stereocenters. The Morgan fingerprint density at radius 3 is 2.10 bits per heavy atom. The molecular weight excluding hydrogens is 366 g/mol. The number of amides is 1. The average molecular weight is 383 g/mol. The summed E-state index contributed by atoms with van der Waals surface area (Å²) in [6.45, 7) is 0. The zero-order valence-electron chi connectivity index (χ0n) is 15.4. The van der Waals surface area contributed by atoms with Crippen molar-refractivity contribution in [2.45, 2.75) is 0 Å². The Kier molecular flexibility index (Phi) is 4.90. The molecule has 1 amide bonds. The number of nitro benzene ring substituents is 1. The fourth-order valence-electron chi connectivity index (χ4n) is 3.07. The van der Waals surface area contributed by atoms with Gasteiger partial charge < -0.3 is 0 Å². The third kappa shape index (κ3) is 3.91. The molecule has 6 nitrogen and oxygen atoms in total. The van der Waals surface area contributed by atoms with Crippen molar-refractivity contribution in [1.29, 1.82) is 0 Å². The highest BCUT2D eigenvalue weighted by Gasteiger charge is 2.16. The summed E-state index contributed by atoms with van der Waals surface area (Å²) in [5, 5.41) is 14.7. The van der Waals surface area contributed by atoms with Crippen molar-refractivity contribution in [2.24, 2.45) is 0 Å². The van der Waals surface area contributed by atoms with Gasteiger partial charge in [0.05, 0.1) is 16.3 Å². The van der Waals surface area contributed by atoms with Crippen LogP contribution in [-0.2, 0) is 0 Å². The normalized spacial score (nSPS) is 10.5. The first-order valence-electron chi connectivity index (χ1n) is 9.01. The maximum Gasteiger partial charge on any atom is 0.270 e. The van der Waals surface area contributed by atoms with Crippen LogP contribution in [0.5, 0.6) is 0 Å². The number of nitrogens with zero attached hydrogens (tertiary/aromatic N) is 2. The molecule has 0 atom stereocenters. The van der Waals surface area contributed by atoms with E-state index in [0.717, 1.165) is 22.1 Å². The summed E-state index contributed by atoms with van der Waals surface area (Å²) >= 11 is 0. The summed E-state index contributed by atoms with van der Waals surface area (Å²) in [6, 6.07) is 28.9. The van der Waals surface area contributed by atoms with E-state index in [-0.39, 0.29) is 11.6 Å². The van der Waals surface area contributed by atoms with Gasteiger partial charge in [0, 0.05) is 17.7 Å². The smallest absolute Gasteiger partial charge is 0.267 e. The predicted octanol–water partition coefficient (Wildman–Crippen LogP) is 5.23. The molecule has 0 aliphatic heterocycles. The predicted molar refractivity (Wildman–Crippen MR) is 113 cm³/mol. The Bertz CT molecular complexity index is 1170. The van der Waals surface area contributed by atoms with E-state index in [1.54, 1.807) is 5.01 Å². The van der Waals surface area contributed by atoms with E-state index in [0.29, 0.717) is 5.56 Å². The maximum absolute atomic E-state index is 12.8. The lowest BCUT2D eigenvalue weighted by molar-refractivity contribution is -0.384. The van der Waals surface area contributed by atoms with E-state index < -0.39 is 4.92 Å². The second kappa shape index (κ2) is 7.82. The largest absolute Gasteiger partial charge is 0.270 e. The van der Waals surface area contributed by atoms with E-state index in [9.17, 15) is 14.9 Å². The first-order chi connectivity index (χ1) is 14.1. The van der Waals surface area contributed by atoms with Crippen LogP contribution >= 0.6 is 0 Å². The van der Waals surface area contributed by atoms with Crippen molar-refractivity contribution >= 4 is 33.7 Å². The lowest BCUT2D eigenvalue weighted by atomic mass is 10.1. The molecule has 142 valence electrons. The minimum absolute atomic E-state index is 0.0593.